The molecule has 0 unspecified atom stereocenters. The maximum absolute atomic E-state index is 10.8. The van der Waals surface area contributed by atoms with Crippen molar-refractivity contribution in [2.75, 3.05) is 0 Å². The van der Waals surface area contributed by atoms with Crippen LogP contribution in [-0.4, -0.2) is 15.0 Å². The molecule has 11 heavy (non-hydrogen) atoms. The van der Waals surface area contributed by atoms with Gasteiger partial charge in [-0.15, -0.1) is 0 Å². The van der Waals surface area contributed by atoms with Crippen molar-refractivity contribution in [1.82, 2.24) is 19.9 Å². The van der Waals surface area contributed by atoms with Crippen LogP contribution in [0.3, 0.4) is 0 Å². The van der Waals surface area contributed by atoms with Crippen molar-refractivity contribution in [3.05, 3.63) is 23.0 Å². The van der Waals surface area contributed by atoms with Gasteiger partial charge in [0.15, 0.2) is 0 Å². The van der Waals surface area contributed by atoms with E-state index in [0.717, 1.165) is 0 Å². The zero-order chi connectivity index (χ0) is 6.97. The molecule has 0 fully saturated rings. The summed E-state index contributed by atoms with van der Waals surface area (Å²) < 4.78 is 0. The second-order valence-corrected chi connectivity index (χ2v) is 1.78. The molecule has 0 aliphatic rings. The number of hydrogen-bond donors (Lipinski definition) is 1. The standard InChI is InChI=1S/C5H4N4O.K/c10-5-3-4(7-1-6-3)8-2-9-5;/h1-2H,(H2,6,7,8,9,10);/q;+1/p-1. The van der Waals surface area contributed by atoms with Crippen molar-refractivity contribution < 1.29 is 51.4 Å². The largest absolute Gasteiger partial charge is 1.00 e. The molecule has 0 saturated carbocycles. The Balaban J connectivity index is 0.000000605. The Morgan fingerprint density at radius 2 is 2.27 bits per heavy atom. The summed E-state index contributed by atoms with van der Waals surface area (Å²) in [4.78, 5) is 24.4. The monoisotopic (exact) mass is 174 g/mol. The summed E-state index contributed by atoms with van der Waals surface area (Å²) in [6, 6.07) is 0. The van der Waals surface area contributed by atoms with E-state index in [0.29, 0.717) is 11.2 Å². The van der Waals surface area contributed by atoms with Crippen LogP contribution in [0, 0.1) is 0 Å². The fourth-order valence-corrected chi connectivity index (χ4v) is 0.735. The Morgan fingerprint density at radius 3 is 3.00 bits per heavy atom. The van der Waals surface area contributed by atoms with Gasteiger partial charge in [-0.2, -0.15) is 0 Å². The number of rotatable bonds is 0. The van der Waals surface area contributed by atoms with Crippen molar-refractivity contribution in [1.29, 1.82) is 0 Å². The van der Waals surface area contributed by atoms with Crippen LogP contribution < -0.4 is 61.9 Å². The van der Waals surface area contributed by atoms with Gasteiger partial charge in [0, 0.05) is 12.0 Å². The third kappa shape index (κ3) is 1.59. The second kappa shape index (κ2) is 3.59. The fourth-order valence-electron chi connectivity index (χ4n) is 0.735. The maximum Gasteiger partial charge on any atom is 1.00 e. The number of imidazole rings is 1. The Kier molecular flexibility index (Phi) is 2.96. The Labute approximate surface area is 104 Å². The molecule has 2 heterocycles. The topological polar surface area (TPSA) is 72.7 Å². The van der Waals surface area contributed by atoms with Gasteiger partial charge in [0.1, 0.15) is 0 Å². The van der Waals surface area contributed by atoms with Gasteiger partial charge in [0.05, 0.1) is 5.52 Å². The van der Waals surface area contributed by atoms with E-state index in [9.17, 15) is 4.79 Å². The summed E-state index contributed by atoms with van der Waals surface area (Å²) in [7, 11) is 0. The normalized spacial score (nSPS) is 9.45. The first-order chi connectivity index (χ1) is 4.88. The van der Waals surface area contributed by atoms with Gasteiger partial charge in [0.25, 0.3) is 5.56 Å². The van der Waals surface area contributed by atoms with Crippen LogP contribution in [0.2, 0.25) is 0 Å². The molecule has 0 aromatic carbocycles. The number of hydrogen-bond acceptors (Lipinski definition) is 3. The number of H-pyrrole nitrogens is 1. The molecule has 0 aliphatic carbocycles. The summed E-state index contributed by atoms with van der Waals surface area (Å²) in [6.45, 7) is 0. The average Bonchev–Trinajstić information content (AvgIpc) is 2.36. The van der Waals surface area contributed by atoms with Crippen LogP contribution in [0.15, 0.2) is 17.4 Å². The zero-order valence-corrected chi connectivity index (χ0v) is 9.03. The summed E-state index contributed by atoms with van der Waals surface area (Å²) in [5.74, 6) is 0. The predicted octanol–water partition coefficient (Wildman–Crippen LogP) is -3.72. The van der Waals surface area contributed by atoms with Gasteiger partial charge in [-0.1, -0.05) is 0 Å². The van der Waals surface area contributed by atoms with E-state index in [1.165, 1.54) is 12.7 Å². The molecule has 0 saturated heterocycles. The number of fused-ring (bicyclic) bond motifs is 1. The molecular formula is C5H3KN4O. The Hall–Kier alpha value is -0.0136. The van der Waals surface area contributed by atoms with E-state index in [1.54, 1.807) is 0 Å². The summed E-state index contributed by atoms with van der Waals surface area (Å²) in [6.07, 6.45) is 2.62. The zero-order valence-electron chi connectivity index (χ0n) is 5.90. The molecule has 2 aromatic heterocycles. The summed E-state index contributed by atoms with van der Waals surface area (Å²) in [5.41, 5.74) is 0.439. The molecule has 0 amide bonds. The first-order valence-corrected chi connectivity index (χ1v) is 2.69. The van der Waals surface area contributed by atoms with Gasteiger partial charge in [-0.05, 0) is 6.33 Å². The average molecular weight is 174 g/mol. The van der Waals surface area contributed by atoms with Crippen LogP contribution in [-0.2, 0) is 0 Å². The number of nitrogens with one attached hydrogen (secondary N) is 1. The second-order valence-electron chi connectivity index (χ2n) is 1.78. The van der Waals surface area contributed by atoms with Crippen LogP contribution in [0.1, 0.15) is 0 Å². The van der Waals surface area contributed by atoms with E-state index >= 15 is 0 Å². The van der Waals surface area contributed by atoms with Crippen LogP contribution in [0.25, 0.3) is 11.2 Å². The van der Waals surface area contributed by atoms with Gasteiger partial charge in [-0.25, -0.2) is 0 Å². The summed E-state index contributed by atoms with van der Waals surface area (Å²) in [5, 5.41) is 0. The van der Waals surface area contributed by atoms with Crippen molar-refractivity contribution in [3.63, 3.8) is 0 Å². The van der Waals surface area contributed by atoms with E-state index < -0.39 is 0 Å². The molecule has 50 valence electrons. The molecule has 2 aromatic rings. The molecule has 0 aliphatic heterocycles. The minimum Gasteiger partial charge on any atom is -0.365 e. The molecule has 2 rings (SSSR count). The minimum atomic E-state index is -0.248. The van der Waals surface area contributed by atoms with E-state index in [-0.39, 0.29) is 56.9 Å². The molecular weight excluding hydrogens is 171 g/mol. The molecule has 1 N–H and O–H groups in total. The predicted molar refractivity (Wildman–Crippen MR) is 33.5 cm³/mol. The number of nitrogens with zero attached hydrogens (tertiary/aromatic N) is 3. The van der Waals surface area contributed by atoms with Gasteiger partial charge >= 0.3 is 51.4 Å². The quantitative estimate of drug-likeness (QED) is 0.417. The number of aromatic amines is 1. The Bertz CT molecular complexity index is 406. The molecule has 5 nitrogen and oxygen atoms in total. The third-order valence-corrected chi connectivity index (χ3v) is 1.18. The van der Waals surface area contributed by atoms with Crippen LogP contribution in [0.4, 0.5) is 0 Å². The van der Waals surface area contributed by atoms with Crippen LogP contribution in [0.5, 0.6) is 0 Å². The van der Waals surface area contributed by atoms with E-state index in [4.69, 9.17) is 0 Å². The third-order valence-electron chi connectivity index (χ3n) is 1.18. The van der Waals surface area contributed by atoms with Gasteiger partial charge < -0.3 is 19.9 Å². The molecule has 0 radical (unpaired) electrons. The molecule has 0 atom stereocenters. The first kappa shape index (κ1) is 9.08. The van der Waals surface area contributed by atoms with Crippen molar-refractivity contribution in [2.24, 2.45) is 0 Å². The van der Waals surface area contributed by atoms with Gasteiger partial charge in [0.2, 0.25) is 0 Å². The number of aromatic nitrogens is 4. The van der Waals surface area contributed by atoms with E-state index in [2.05, 4.69) is 19.9 Å². The van der Waals surface area contributed by atoms with Crippen molar-refractivity contribution in [3.8, 4) is 0 Å². The summed E-state index contributed by atoms with van der Waals surface area (Å²) >= 11 is 0. The maximum atomic E-state index is 10.8. The minimum absolute atomic E-state index is 0. The smallest absolute Gasteiger partial charge is 0.365 e. The Morgan fingerprint density at radius 1 is 1.45 bits per heavy atom. The first-order valence-electron chi connectivity index (χ1n) is 2.69. The van der Waals surface area contributed by atoms with Crippen molar-refractivity contribution >= 4 is 11.2 Å². The fraction of sp³-hybridized carbons (Fsp3) is 0. The van der Waals surface area contributed by atoms with Crippen molar-refractivity contribution in [2.45, 2.75) is 0 Å². The SMILES string of the molecule is O=c1[nH]cnc2[n-]cnc12.[K+]. The molecule has 6 heteroatoms. The molecule has 0 bridgehead atoms. The van der Waals surface area contributed by atoms with Gasteiger partial charge in [-0.3, -0.25) is 4.79 Å². The van der Waals surface area contributed by atoms with E-state index in [1.807, 2.05) is 0 Å². The van der Waals surface area contributed by atoms with Crippen LogP contribution >= 0.6 is 0 Å². The molecule has 0 spiro atoms.